The van der Waals surface area contributed by atoms with Gasteiger partial charge in [-0.3, -0.25) is 14.5 Å². The summed E-state index contributed by atoms with van der Waals surface area (Å²) < 4.78 is 20.1. The maximum absolute atomic E-state index is 14.5. The van der Waals surface area contributed by atoms with Crippen LogP contribution in [0.15, 0.2) is 94.8 Å². The van der Waals surface area contributed by atoms with Gasteiger partial charge in [0.2, 0.25) is 5.13 Å². The minimum atomic E-state index is -0.986. The van der Waals surface area contributed by atoms with Crippen LogP contribution in [0.4, 0.5) is 9.52 Å². The molecule has 2 heterocycles. The molecular weight excluding hydrogens is 574 g/mol. The SMILES string of the molecule is COc1ccc(C(O)=C2C(=O)C(=O)N(c3nnc(SCc4cccc5ccccc45)s3)[C@H]2c2ccc(C)cc2)cc1F. The van der Waals surface area contributed by atoms with Crippen molar-refractivity contribution in [1.82, 2.24) is 10.2 Å². The molecule has 1 saturated heterocycles. The summed E-state index contributed by atoms with van der Waals surface area (Å²) in [4.78, 5) is 28.2. The van der Waals surface area contributed by atoms with E-state index >= 15 is 0 Å². The quantitative estimate of drug-likeness (QED) is 0.0706. The molecule has 10 heteroatoms. The molecule has 7 nitrogen and oxygen atoms in total. The first-order chi connectivity index (χ1) is 20.4. The van der Waals surface area contributed by atoms with E-state index in [4.69, 9.17) is 4.74 Å². The van der Waals surface area contributed by atoms with Gasteiger partial charge in [0.1, 0.15) is 5.76 Å². The van der Waals surface area contributed by atoms with Crippen LogP contribution in [0.2, 0.25) is 0 Å². The molecule has 4 aromatic carbocycles. The fourth-order valence-electron chi connectivity index (χ4n) is 4.98. The van der Waals surface area contributed by atoms with Gasteiger partial charge in [0.05, 0.1) is 18.7 Å². The molecule has 0 unspecified atom stereocenters. The maximum atomic E-state index is 14.5. The van der Waals surface area contributed by atoms with Gasteiger partial charge in [-0.1, -0.05) is 95.4 Å². The molecule has 1 fully saturated rings. The zero-order valence-electron chi connectivity index (χ0n) is 22.6. The number of aliphatic hydroxyl groups excluding tert-OH is 1. The van der Waals surface area contributed by atoms with Crippen LogP contribution in [0.3, 0.4) is 0 Å². The fraction of sp³-hybridized carbons (Fsp3) is 0.125. The Bertz CT molecular complexity index is 1860. The van der Waals surface area contributed by atoms with Crippen molar-refractivity contribution < 1.29 is 23.8 Å². The molecule has 1 atom stereocenters. The number of aliphatic hydroxyl groups is 1. The van der Waals surface area contributed by atoms with Crippen molar-refractivity contribution in [2.45, 2.75) is 23.1 Å². The second kappa shape index (κ2) is 11.4. The van der Waals surface area contributed by atoms with Crippen molar-refractivity contribution in [2.75, 3.05) is 12.0 Å². The van der Waals surface area contributed by atoms with E-state index in [1.807, 2.05) is 37.3 Å². The van der Waals surface area contributed by atoms with E-state index in [0.717, 1.165) is 28.0 Å². The Hall–Kier alpha value is -4.54. The number of thioether (sulfide) groups is 1. The lowest BCUT2D eigenvalue weighted by atomic mass is 9.95. The number of halogens is 1. The molecule has 1 aromatic heterocycles. The lowest BCUT2D eigenvalue weighted by Gasteiger charge is -2.22. The Morgan fingerprint density at radius 3 is 2.55 bits per heavy atom. The summed E-state index contributed by atoms with van der Waals surface area (Å²) in [5, 5.41) is 22.4. The highest BCUT2D eigenvalue weighted by molar-refractivity contribution is 8.00. The summed E-state index contributed by atoms with van der Waals surface area (Å²) in [5.74, 6) is -2.31. The second-order valence-electron chi connectivity index (χ2n) is 9.71. The van der Waals surface area contributed by atoms with Crippen molar-refractivity contribution in [3.05, 3.63) is 119 Å². The molecule has 210 valence electrons. The van der Waals surface area contributed by atoms with E-state index in [0.29, 0.717) is 15.7 Å². The van der Waals surface area contributed by atoms with E-state index in [1.165, 1.54) is 47.2 Å². The van der Waals surface area contributed by atoms with E-state index in [2.05, 4.69) is 34.5 Å². The third kappa shape index (κ3) is 5.03. The third-order valence-corrected chi connectivity index (χ3v) is 9.20. The second-order valence-corrected chi connectivity index (χ2v) is 11.9. The summed E-state index contributed by atoms with van der Waals surface area (Å²) in [7, 11) is 1.33. The first kappa shape index (κ1) is 27.6. The lowest BCUT2D eigenvalue weighted by molar-refractivity contribution is -0.132. The summed E-state index contributed by atoms with van der Waals surface area (Å²) >= 11 is 2.68. The van der Waals surface area contributed by atoms with Gasteiger partial charge in [0, 0.05) is 11.3 Å². The minimum absolute atomic E-state index is 0.00974. The molecule has 6 rings (SSSR count). The predicted octanol–water partition coefficient (Wildman–Crippen LogP) is 7.07. The van der Waals surface area contributed by atoms with Crippen LogP contribution in [-0.2, 0) is 15.3 Å². The van der Waals surface area contributed by atoms with Crippen LogP contribution in [0.25, 0.3) is 16.5 Å². The van der Waals surface area contributed by atoms with Crippen molar-refractivity contribution in [3.63, 3.8) is 0 Å². The highest BCUT2D eigenvalue weighted by Gasteiger charge is 2.48. The number of rotatable bonds is 7. The van der Waals surface area contributed by atoms with Gasteiger partial charge in [0.25, 0.3) is 5.78 Å². The fourth-order valence-corrected chi connectivity index (χ4v) is 6.85. The molecule has 5 aromatic rings. The third-order valence-electron chi connectivity index (χ3n) is 7.10. The number of methoxy groups -OCH3 is 1. The number of fused-ring (bicyclic) bond motifs is 1. The molecule has 0 spiro atoms. The number of anilines is 1. The summed E-state index contributed by atoms with van der Waals surface area (Å²) in [6.45, 7) is 1.92. The van der Waals surface area contributed by atoms with Crippen LogP contribution < -0.4 is 9.64 Å². The Labute approximate surface area is 249 Å². The van der Waals surface area contributed by atoms with Crippen molar-refractivity contribution in [2.24, 2.45) is 0 Å². The number of Topliss-reactive ketones (excluding diaryl/α,β-unsaturated/α-hetero) is 1. The van der Waals surface area contributed by atoms with Crippen LogP contribution in [-0.4, -0.2) is 34.1 Å². The highest BCUT2D eigenvalue weighted by Crippen LogP contribution is 2.44. The molecule has 1 aliphatic heterocycles. The van der Waals surface area contributed by atoms with E-state index in [9.17, 15) is 19.1 Å². The van der Waals surface area contributed by atoms with Crippen molar-refractivity contribution >= 4 is 56.5 Å². The Morgan fingerprint density at radius 2 is 1.79 bits per heavy atom. The Morgan fingerprint density at radius 1 is 1.02 bits per heavy atom. The van der Waals surface area contributed by atoms with Gasteiger partial charge in [-0.15, -0.1) is 10.2 Å². The Kier molecular flexibility index (Phi) is 7.49. The smallest absolute Gasteiger partial charge is 0.301 e. The average molecular weight is 598 g/mol. The molecule has 0 bridgehead atoms. The van der Waals surface area contributed by atoms with Gasteiger partial charge in [0.15, 0.2) is 15.9 Å². The maximum Gasteiger partial charge on any atom is 0.301 e. The number of nitrogens with zero attached hydrogens (tertiary/aromatic N) is 3. The number of aryl methyl sites for hydroxylation is 1. The normalized spacial score (nSPS) is 16.4. The number of hydrogen-bond acceptors (Lipinski definition) is 8. The number of carbonyl (C=O) groups is 2. The molecule has 42 heavy (non-hydrogen) atoms. The van der Waals surface area contributed by atoms with Crippen LogP contribution >= 0.6 is 23.1 Å². The summed E-state index contributed by atoms with van der Waals surface area (Å²) in [6, 6.07) is 24.4. The molecule has 1 amide bonds. The molecule has 0 aliphatic carbocycles. The van der Waals surface area contributed by atoms with Gasteiger partial charge in [-0.05, 0) is 47.0 Å². The number of ketones is 1. The lowest BCUT2D eigenvalue weighted by Crippen LogP contribution is -2.29. The Balaban J connectivity index is 1.37. The summed E-state index contributed by atoms with van der Waals surface area (Å²) in [6.07, 6.45) is 0. The molecule has 0 radical (unpaired) electrons. The molecular formula is C32H24FN3O4S2. The number of hydrogen-bond donors (Lipinski definition) is 1. The van der Waals surface area contributed by atoms with Gasteiger partial charge in [-0.25, -0.2) is 4.39 Å². The largest absolute Gasteiger partial charge is 0.507 e. The van der Waals surface area contributed by atoms with E-state index < -0.39 is 29.3 Å². The first-order valence-electron chi connectivity index (χ1n) is 13.0. The monoisotopic (exact) mass is 597 g/mol. The van der Waals surface area contributed by atoms with Crippen LogP contribution in [0.1, 0.15) is 28.3 Å². The predicted molar refractivity (Wildman–Crippen MR) is 162 cm³/mol. The van der Waals surface area contributed by atoms with Crippen molar-refractivity contribution in [3.8, 4) is 5.75 Å². The van der Waals surface area contributed by atoms with Crippen LogP contribution in [0.5, 0.6) is 5.75 Å². The molecule has 1 aliphatic rings. The van der Waals surface area contributed by atoms with Gasteiger partial charge < -0.3 is 9.84 Å². The number of aromatic nitrogens is 2. The highest BCUT2D eigenvalue weighted by atomic mass is 32.2. The van der Waals surface area contributed by atoms with Crippen LogP contribution in [0, 0.1) is 12.7 Å². The molecule has 0 saturated carbocycles. The topological polar surface area (TPSA) is 92.6 Å². The number of carbonyl (C=O) groups excluding carboxylic acids is 2. The minimum Gasteiger partial charge on any atom is -0.507 e. The van der Waals surface area contributed by atoms with Gasteiger partial charge >= 0.3 is 5.91 Å². The standard InChI is InChI=1S/C32H24FN3O4S2/c1-18-10-12-20(13-11-18)27-26(28(37)21-14-15-25(40-2)24(33)16-21)29(38)30(39)36(27)31-34-35-32(42-31)41-17-22-8-5-7-19-6-3-4-9-23(19)22/h3-16,27,37H,17H2,1-2H3/t27-/m0/s1. The molecule has 1 N–H and O–H groups in total. The average Bonchev–Trinajstić information content (AvgIpc) is 3.57. The van der Waals surface area contributed by atoms with Gasteiger partial charge in [-0.2, -0.15) is 0 Å². The van der Waals surface area contributed by atoms with E-state index in [1.54, 1.807) is 12.1 Å². The number of benzene rings is 4. The number of amides is 1. The number of ether oxygens (including phenoxy) is 1. The zero-order valence-corrected chi connectivity index (χ0v) is 24.2. The first-order valence-corrected chi connectivity index (χ1v) is 14.8. The summed E-state index contributed by atoms with van der Waals surface area (Å²) in [5.41, 5.74) is 2.61. The van der Waals surface area contributed by atoms with E-state index in [-0.39, 0.29) is 22.0 Å². The zero-order chi connectivity index (χ0) is 29.4. The van der Waals surface area contributed by atoms with Crippen molar-refractivity contribution in [1.29, 1.82) is 0 Å².